The van der Waals surface area contributed by atoms with Gasteiger partial charge in [0, 0.05) is 19.4 Å². The minimum absolute atomic E-state index is 0.322. The number of rotatable bonds is 5. The molecular formula is C24H19NO4. The number of benzene rings is 3. The zero-order valence-electron chi connectivity index (χ0n) is 16.1. The van der Waals surface area contributed by atoms with E-state index in [9.17, 15) is 9.59 Å². The summed E-state index contributed by atoms with van der Waals surface area (Å²) in [6.07, 6.45) is 0. The van der Waals surface area contributed by atoms with Crippen LogP contribution in [-0.4, -0.2) is 17.8 Å². The number of aliphatic imine (C=N–C) groups is 1. The van der Waals surface area contributed by atoms with Gasteiger partial charge in [-0.25, -0.2) is 4.99 Å². The van der Waals surface area contributed by atoms with Gasteiger partial charge in [-0.15, -0.1) is 0 Å². The molecule has 3 aromatic carbocycles. The summed E-state index contributed by atoms with van der Waals surface area (Å²) in [6, 6.07) is 23.7. The number of esters is 2. The Morgan fingerprint density at radius 3 is 2.03 bits per heavy atom. The largest absolute Gasteiger partial charge is 0.427 e. The molecule has 0 bridgehead atoms. The highest BCUT2D eigenvalue weighted by molar-refractivity contribution is 6.01. The van der Waals surface area contributed by atoms with Crippen LogP contribution in [0, 0.1) is 0 Å². The first kappa shape index (κ1) is 19.8. The van der Waals surface area contributed by atoms with Gasteiger partial charge in [0.05, 0.1) is 11.3 Å². The molecule has 0 saturated carbocycles. The molecule has 3 aromatic rings. The first-order valence-electron chi connectivity index (χ1n) is 8.98. The summed E-state index contributed by atoms with van der Waals surface area (Å²) < 4.78 is 10.6. The summed E-state index contributed by atoms with van der Waals surface area (Å²) in [4.78, 5) is 27.4. The molecule has 0 saturated heterocycles. The van der Waals surface area contributed by atoms with E-state index < -0.39 is 11.9 Å². The van der Waals surface area contributed by atoms with Crippen LogP contribution in [0.4, 0.5) is 5.69 Å². The number of nitrogens with zero attached hydrogens (tertiary/aromatic N) is 1. The molecule has 3 rings (SSSR count). The van der Waals surface area contributed by atoms with Gasteiger partial charge in [-0.05, 0) is 41.8 Å². The fraction of sp³-hybridized carbons (Fsp3) is 0.0833. The van der Waals surface area contributed by atoms with E-state index in [2.05, 4.69) is 10.9 Å². The lowest BCUT2D eigenvalue weighted by atomic mass is 9.98. The Bertz CT molecular complexity index is 1080. The first-order valence-corrected chi connectivity index (χ1v) is 8.98. The van der Waals surface area contributed by atoms with Crippen LogP contribution in [0.2, 0.25) is 0 Å². The SMILES string of the molecule is CC(=O)Oc1ccc(OC(C)=O)c(C(=C=Nc2ccccc2)c2ccccc2)c1. The third kappa shape index (κ3) is 5.51. The summed E-state index contributed by atoms with van der Waals surface area (Å²) in [5.41, 5.74) is 2.68. The summed E-state index contributed by atoms with van der Waals surface area (Å²) in [5, 5.41) is 0. The third-order valence-corrected chi connectivity index (χ3v) is 3.85. The molecule has 0 unspecified atom stereocenters. The zero-order chi connectivity index (χ0) is 20.6. The van der Waals surface area contributed by atoms with Crippen molar-refractivity contribution >= 4 is 29.1 Å². The van der Waals surface area contributed by atoms with Crippen molar-refractivity contribution in [2.75, 3.05) is 0 Å². The molecule has 0 aliphatic heterocycles. The molecule has 0 aromatic heterocycles. The van der Waals surface area contributed by atoms with Gasteiger partial charge < -0.3 is 9.47 Å². The fourth-order valence-corrected chi connectivity index (χ4v) is 2.69. The van der Waals surface area contributed by atoms with E-state index in [1.165, 1.54) is 13.8 Å². The van der Waals surface area contributed by atoms with Gasteiger partial charge in [0.1, 0.15) is 11.5 Å². The first-order chi connectivity index (χ1) is 14.0. The molecule has 0 N–H and O–H groups in total. The van der Waals surface area contributed by atoms with Crippen LogP contribution in [0.25, 0.3) is 5.57 Å². The molecular weight excluding hydrogens is 366 g/mol. The molecule has 0 fully saturated rings. The molecule has 5 nitrogen and oxygen atoms in total. The van der Waals surface area contributed by atoms with E-state index in [0.29, 0.717) is 22.6 Å². The predicted octanol–water partition coefficient (Wildman–Crippen LogP) is 4.97. The number of ether oxygens (including phenoxy) is 2. The summed E-state index contributed by atoms with van der Waals surface area (Å²) >= 11 is 0. The highest BCUT2D eigenvalue weighted by Gasteiger charge is 2.15. The van der Waals surface area contributed by atoms with Crippen LogP contribution < -0.4 is 9.47 Å². The molecule has 0 aliphatic rings. The van der Waals surface area contributed by atoms with Gasteiger partial charge >= 0.3 is 11.9 Å². The lowest BCUT2D eigenvalue weighted by Crippen LogP contribution is -2.06. The van der Waals surface area contributed by atoms with Crippen LogP contribution in [0.5, 0.6) is 11.5 Å². The maximum Gasteiger partial charge on any atom is 0.308 e. The molecule has 0 atom stereocenters. The number of para-hydroxylation sites is 1. The Morgan fingerprint density at radius 1 is 0.793 bits per heavy atom. The Hall–Kier alpha value is -3.95. The third-order valence-electron chi connectivity index (χ3n) is 3.85. The lowest BCUT2D eigenvalue weighted by molar-refractivity contribution is -0.133. The fourth-order valence-electron chi connectivity index (χ4n) is 2.69. The van der Waals surface area contributed by atoms with Crippen molar-refractivity contribution < 1.29 is 19.1 Å². The number of hydrogen-bond donors (Lipinski definition) is 0. The van der Waals surface area contributed by atoms with Crippen molar-refractivity contribution in [2.24, 2.45) is 4.99 Å². The van der Waals surface area contributed by atoms with Gasteiger partial charge in [0.25, 0.3) is 0 Å². The van der Waals surface area contributed by atoms with Crippen molar-refractivity contribution in [2.45, 2.75) is 13.8 Å². The molecule has 144 valence electrons. The molecule has 29 heavy (non-hydrogen) atoms. The van der Waals surface area contributed by atoms with Crippen LogP contribution in [0.15, 0.2) is 83.9 Å². The van der Waals surface area contributed by atoms with Crippen LogP contribution in [0.3, 0.4) is 0 Å². The van der Waals surface area contributed by atoms with Gasteiger partial charge in [0.2, 0.25) is 0 Å². The van der Waals surface area contributed by atoms with E-state index in [0.717, 1.165) is 11.3 Å². The summed E-state index contributed by atoms with van der Waals surface area (Å²) in [6.45, 7) is 2.65. The van der Waals surface area contributed by atoms with Crippen LogP contribution >= 0.6 is 0 Å². The van der Waals surface area contributed by atoms with Crippen molar-refractivity contribution in [1.82, 2.24) is 0 Å². The van der Waals surface area contributed by atoms with E-state index in [-0.39, 0.29) is 0 Å². The molecule has 0 aliphatic carbocycles. The number of hydrogen-bond acceptors (Lipinski definition) is 5. The van der Waals surface area contributed by atoms with E-state index in [4.69, 9.17) is 9.47 Å². The number of carbonyl (C=O) groups is 2. The lowest BCUT2D eigenvalue weighted by Gasteiger charge is -2.13. The highest BCUT2D eigenvalue weighted by atomic mass is 16.5. The maximum atomic E-state index is 11.6. The Morgan fingerprint density at radius 2 is 1.41 bits per heavy atom. The average Bonchev–Trinajstić information content (AvgIpc) is 2.71. The molecule has 0 heterocycles. The van der Waals surface area contributed by atoms with Gasteiger partial charge in [0.15, 0.2) is 0 Å². The normalized spacial score (nSPS) is 9.86. The predicted molar refractivity (Wildman–Crippen MR) is 112 cm³/mol. The quantitative estimate of drug-likeness (QED) is 0.353. The molecule has 0 amide bonds. The monoisotopic (exact) mass is 385 g/mol. The minimum Gasteiger partial charge on any atom is -0.427 e. The minimum atomic E-state index is -0.459. The smallest absolute Gasteiger partial charge is 0.308 e. The van der Waals surface area contributed by atoms with Crippen molar-refractivity contribution in [1.29, 1.82) is 0 Å². The summed E-state index contributed by atoms with van der Waals surface area (Å²) in [5.74, 6) is 2.82. The standard InChI is InChI=1S/C24H19NO4/c1-17(26)28-21-13-14-24(29-18(2)27)22(15-21)23(19-9-5-3-6-10-19)16-25-20-11-7-4-8-12-20/h3-15H,1-2H3. The zero-order valence-corrected chi connectivity index (χ0v) is 16.1. The van der Waals surface area contributed by atoms with Crippen LogP contribution in [-0.2, 0) is 9.59 Å². The Labute approximate surface area is 168 Å². The number of carbonyl (C=O) groups excluding carboxylic acids is 2. The van der Waals surface area contributed by atoms with E-state index >= 15 is 0 Å². The average molecular weight is 385 g/mol. The van der Waals surface area contributed by atoms with Crippen molar-refractivity contribution in [3.05, 3.63) is 90.0 Å². The Kier molecular flexibility index (Phi) is 6.36. The van der Waals surface area contributed by atoms with Gasteiger partial charge in [-0.2, -0.15) is 0 Å². The topological polar surface area (TPSA) is 65.0 Å². The molecule has 0 radical (unpaired) electrons. The van der Waals surface area contributed by atoms with Crippen LogP contribution in [0.1, 0.15) is 25.0 Å². The second-order valence-corrected chi connectivity index (χ2v) is 6.15. The van der Waals surface area contributed by atoms with Gasteiger partial charge in [-0.1, -0.05) is 48.5 Å². The van der Waals surface area contributed by atoms with E-state index in [1.807, 2.05) is 60.7 Å². The van der Waals surface area contributed by atoms with Crippen molar-refractivity contribution in [3.8, 4) is 11.5 Å². The van der Waals surface area contributed by atoms with Gasteiger partial charge in [-0.3, -0.25) is 9.59 Å². The summed E-state index contributed by atoms with van der Waals surface area (Å²) in [7, 11) is 0. The van der Waals surface area contributed by atoms with E-state index in [1.54, 1.807) is 18.2 Å². The Balaban J connectivity index is 2.22. The maximum absolute atomic E-state index is 11.6. The second-order valence-electron chi connectivity index (χ2n) is 6.15. The highest BCUT2D eigenvalue weighted by Crippen LogP contribution is 2.33. The second kappa shape index (κ2) is 9.31. The molecule has 0 spiro atoms. The van der Waals surface area contributed by atoms with Crippen molar-refractivity contribution in [3.63, 3.8) is 0 Å². The molecule has 5 heteroatoms.